The first-order valence-electron chi connectivity index (χ1n) is 8.62. The number of ether oxygens (including phenoxy) is 3. The lowest BCUT2D eigenvalue weighted by Gasteiger charge is -2.37. The summed E-state index contributed by atoms with van der Waals surface area (Å²) in [5.41, 5.74) is 1.04. The van der Waals surface area contributed by atoms with Gasteiger partial charge in [0.05, 0.1) is 27.0 Å². The molecule has 25 heavy (non-hydrogen) atoms. The minimum Gasteiger partial charge on any atom is -0.497 e. The van der Waals surface area contributed by atoms with Crippen LogP contribution < -0.4 is 4.74 Å². The van der Waals surface area contributed by atoms with E-state index in [0.717, 1.165) is 62.0 Å². The van der Waals surface area contributed by atoms with Crippen LogP contribution in [0.5, 0.6) is 5.75 Å². The third-order valence-corrected chi connectivity index (χ3v) is 5.41. The van der Waals surface area contributed by atoms with Crippen LogP contribution in [-0.2, 0) is 16.1 Å². The van der Waals surface area contributed by atoms with Gasteiger partial charge in [-0.1, -0.05) is 0 Å². The molecule has 0 saturated carbocycles. The van der Waals surface area contributed by atoms with Crippen molar-refractivity contribution in [2.75, 3.05) is 33.4 Å². The third kappa shape index (κ3) is 3.37. The van der Waals surface area contributed by atoms with Gasteiger partial charge in [0.1, 0.15) is 5.75 Å². The number of benzene rings is 1. The molecule has 1 spiro atoms. The Bertz CT molecular complexity index is 768. The summed E-state index contributed by atoms with van der Waals surface area (Å²) < 4.78 is 21.7. The molecule has 2 fully saturated rings. The van der Waals surface area contributed by atoms with Crippen LogP contribution in [0.2, 0.25) is 0 Å². The van der Waals surface area contributed by atoms with Crippen molar-refractivity contribution in [3.63, 3.8) is 0 Å². The molecule has 0 unspecified atom stereocenters. The summed E-state index contributed by atoms with van der Waals surface area (Å²) in [5.74, 6) is 0.515. The zero-order valence-electron chi connectivity index (χ0n) is 14.4. The minimum atomic E-state index is -0.326. The predicted octanol–water partition coefficient (Wildman–Crippen LogP) is 2.81. The van der Waals surface area contributed by atoms with Crippen LogP contribution in [0, 0.1) is 4.77 Å². The summed E-state index contributed by atoms with van der Waals surface area (Å²) in [4.78, 5) is 2.39. The first-order valence-corrected chi connectivity index (χ1v) is 9.02. The van der Waals surface area contributed by atoms with Gasteiger partial charge >= 0.3 is 0 Å². The molecule has 2 aromatic rings. The fraction of sp³-hybridized carbons (Fsp3) is 0.500. The Kier molecular flexibility index (Phi) is 4.64. The Balaban J connectivity index is 1.43. The third-order valence-electron chi connectivity index (χ3n) is 4.98. The highest BCUT2D eigenvalue weighted by atomic mass is 32.1. The van der Waals surface area contributed by atoms with E-state index < -0.39 is 0 Å². The SMILES string of the molecule is COc1ccc(-n2ccn(CN3CCC4(CC3)OCCO4)c2=S)cc1. The number of nitrogens with zero attached hydrogens (tertiary/aromatic N) is 3. The Morgan fingerprint density at radius 2 is 1.76 bits per heavy atom. The van der Waals surface area contributed by atoms with Crippen molar-refractivity contribution in [1.29, 1.82) is 0 Å². The molecule has 0 radical (unpaired) electrons. The smallest absolute Gasteiger partial charge is 0.185 e. The van der Waals surface area contributed by atoms with Crippen molar-refractivity contribution in [2.24, 2.45) is 0 Å². The van der Waals surface area contributed by atoms with Gasteiger partial charge in [0, 0.05) is 44.0 Å². The number of methoxy groups -OCH3 is 1. The fourth-order valence-corrected chi connectivity index (χ4v) is 3.78. The van der Waals surface area contributed by atoms with Crippen LogP contribution in [-0.4, -0.2) is 53.2 Å². The van der Waals surface area contributed by atoms with Crippen molar-refractivity contribution in [2.45, 2.75) is 25.3 Å². The van der Waals surface area contributed by atoms with Crippen molar-refractivity contribution in [1.82, 2.24) is 14.0 Å². The van der Waals surface area contributed by atoms with E-state index in [2.05, 4.69) is 9.47 Å². The molecule has 2 saturated heterocycles. The highest BCUT2D eigenvalue weighted by molar-refractivity contribution is 7.71. The van der Waals surface area contributed by atoms with Crippen LogP contribution in [0.15, 0.2) is 36.7 Å². The summed E-state index contributed by atoms with van der Waals surface area (Å²) in [6, 6.07) is 7.91. The maximum atomic E-state index is 5.79. The van der Waals surface area contributed by atoms with Crippen LogP contribution in [0.25, 0.3) is 5.69 Å². The minimum absolute atomic E-state index is 0.326. The number of hydrogen-bond donors (Lipinski definition) is 0. The second-order valence-electron chi connectivity index (χ2n) is 6.49. The summed E-state index contributed by atoms with van der Waals surface area (Å²) in [7, 11) is 1.67. The largest absolute Gasteiger partial charge is 0.497 e. The lowest BCUT2D eigenvalue weighted by atomic mass is 10.0. The van der Waals surface area contributed by atoms with E-state index in [9.17, 15) is 0 Å². The van der Waals surface area contributed by atoms with Crippen LogP contribution in [0.4, 0.5) is 0 Å². The molecular formula is C18H23N3O3S. The van der Waals surface area contributed by atoms with E-state index >= 15 is 0 Å². The molecule has 4 rings (SSSR count). The fourth-order valence-electron chi connectivity index (χ4n) is 3.50. The Morgan fingerprint density at radius 1 is 1.08 bits per heavy atom. The van der Waals surface area contributed by atoms with Gasteiger partial charge in [-0.15, -0.1) is 0 Å². The topological polar surface area (TPSA) is 40.8 Å². The van der Waals surface area contributed by atoms with Gasteiger partial charge in [0.2, 0.25) is 0 Å². The quantitative estimate of drug-likeness (QED) is 0.784. The molecule has 1 aromatic heterocycles. The first kappa shape index (κ1) is 16.8. The van der Waals surface area contributed by atoms with E-state index in [1.165, 1.54) is 0 Å². The molecule has 2 aliphatic heterocycles. The summed E-state index contributed by atoms with van der Waals surface area (Å²) >= 11 is 5.66. The lowest BCUT2D eigenvalue weighted by Crippen LogP contribution is -2.45. The van der Waals surface area contributed by atoms with Crippen molar-refractivity contribution in [3.8, 4) is 11.4 Å². The van der Waals surface area contributed by atoms with E-state index in [1.807, 2.05) is 41.2 Å². The average Bonchev–Trinajstić information content (AvgIpc) is 3.25. The normalized spacial score (nSPS) is 20.2. The summed E-state index contributed by atoms with van der Waals surface area (Å²) in [6.45, 7) is 4.13. The number of rotatable bonds is 4. The van der Waals surface area contributed by atoms with Crippen molar-refractivity contribution >= 4 is 12.2 Å². The van der Waals surface area contributed by atoms with E-state index in [1.54, 1.807) is 7.11 Å². The second-order valence-corrected chi connectivity index (χ2v) is 6.85. The van der Waals surface area contributed by atoms with Crippen LogP contribution in [0.3, 0.4) is 0 Å². The van der Waals surface area contributed by atoms with Gasteiger partial charge in [0.15, 0.2) is 10.6 Å². The predicted molar refractivity (Wildman–Crippen MR) is 96.6 cm³/mol. The first-order chi connectivity index (χ1) is 12.2. The molecule has 134 valence electrons. The number of hydrogen-bond acceptors (Lipinski definition) is 5. The molecule has 0 bridgehead atoms. The number of aromatic nitrogens is 2. The molecule has 2 aliphatic rings. The van der Waals surface area contributed by atoms with Gasteiger partial charge in [-0.25, -0.2) is 0 Å². The molecule has 7 heteroatoms. The maximum Gasteiger partial charge on any atom is 0.185 e. The Labute approximate surface area is 152 Å². The molecule has 0 atom stereocenters. The maximum absolute atomic E-state index is 5.79. The highest BCUT2D eigenvalue weighted by Crippen LogP contribution is 2.31. The van der Waals surface area contributed by atoms with E-state index in [0.29, 0.717) is 0 Å². The number of likely N-dealkylation sites (tertiary alicyclic amines) is 1. The number of imidazole rings is 1. The molecule has 0 aliphatic carbocycles. The van der Waals surface area contributed by atoms with Crippen molar-refractivity contribution < 1.29 is 14.2 Å². The summed E-state index contributed by atoms with van der Waals surface area (Å²) in [5, 5.41) is 0. The monoisotopic (exact) mass is 361 g/mol. The van der Waals surface area contributed by atoms with Gasteiger partial charge in [-0.3, -0.25) is 9.47 Å². The molecule has 3 heterocycles. The molecule has 0 amide bonds. The Morgan fingerprint density at radius 3 is 2.40 bits per heavy atom. The van der Waals surface area contributed by atoms with Crippen LogP contribution >= 0.6 is 12.2 Å². The van der Waals surface area contributed by atoms with Gasteiger partial charge in [-0.2, -0.15) is 0 Å². The molecule has 6 nitrogen and oxygen atoms in total. The molecular weight excluding hydrogens is 338 g/mol. The highest BCUT2D eigenvalue weighted by Gasteiger charge is 2.39. The van der Waals surface area contributed by atoms with Crippen LogP contribution in [0.1, 0.15) is 12.8 Å². The van der Waals surface area contributed by atoms with E-state index in [-0.39, 0.29) is 5.79 Å². The second kappa shape index (κ2) is 6.92. The van der Waals surface area contributed by atoms with Gasteiger partial charge in [0.25, 0.3) is 0 Å². The van der Waals surface area contributed by atoms with Gasteiger partial charge in [-0.05, 0) is 36.5 Å². The number of piperidine rings is 1. The average molecular weight is 361 g/mol. The molecule has 1 aromatic carbocycles. The zero-order valence-corrected chi connectivity index (χ0v) is 15.2. The Hall–Kier alpha value is -1.67. The lowest BCUT2D eigenvalue weighted by molar-refractivity contribution is -0.187. The molecule has 0 N–H and O–H groups in total. The standard InChI is InChI=1S/C18H23N3O3S/c1-22-16-4-2-15(3-5-16)21-11-10-20(17(21)25)14-19-8-6-18(7-9-19)23-12-13-24-18/h2-5,10-11H,6-9,12-14H2,1H3. The zero-order chi connectivity index (χ0) is 17.3. The van der Waals surface area contributed by atoms with E-state index in [4.69, 9.17) is 26.4 Å². The van der Waals surface area contributed by atoms with Crippen molar-refractivity contribution in [3.05, 3.63) is 41.4 Å². The van der Waals surface area contributed by atoms with Gasteiger partial charge < -0.3 is 18.8 Å². The summed E-state index contributed by atoms with van der Waals surface area (Å²) in [6.07, 6.45) is 5.89.